The van der Waals surface area contributed by atoms with E-state index in [9.17, 15) is 8.78 Å². The van der Waals surface area contributed by atoms with Crippen molar-refractivity contribution < 1.29 is 13.9 Å². The SMILES string of the molecule is CCn1c(CCCO)nc(C(C)C)c1Sc1cc(F)cc(F)c1. The van der Waals surface area contributed by atoms with E-state index in [1.54, 1.807) is 0 Å². The first-order valence-corrected chi connectivity index (χ1v) is 8.62. The highest BCUT2D eigenvalue weighted by Crippen LogP contribution is 2.35. The van der Waals surface area contributed by atoms with E-state index in [2.05, 4.69) is 4.57 Å². The van der Waals surface area contributed by atoms with E-state index in [1.165, 1.54) is 23.9 Å². The molecule has 0 aliphatic heterocycles. The Morgan fingerprint density at radius 3 is 2.39 bits per heavy atom. The van der Waals surface area contributed by atoms with E-state index in [0.29, 0.717) is 17.7 Å². The highest BCUT2D eigenvalue weighted by Gasteiger charge is 2.19. The molecule has 1 aromatic heterocycles. The third kappa shape index (κ3) is 4.32. The van der Waals surface area contributed by atoms with Gasteiger partial charge in [-0.3, -0.25) is 0 Å². The molecule has 1 N–H and O–H groups in total. The van der Waals surface area contributed by atoms with Crippen LogP contribution in [0.1, 0.15) is 44.6 Å². The lowest BCUT2D eigenvalue weighted by molar-refractivity contribution is 0.286. The summed E-state index contributed by atoms with van der Waals surface area (Å²) < 4.78 is 28.9. The van der Waals surface area contributed by atoms with Gasteiger partial charge in [-0.05, 0) is 31.4 Å². The van der Waals surface area contributed by atoms with Crippen molar-refractivity contribution in [1.82, 2.24) is 9.55 Å². The normalized spacial score (nSPS) is 11.4. The number of hydrogen-bond acceptors (Lipinski definition) is 3. The summed E-state index contributed by atoms with van der Waals surface area (Å²) in [7, 11) is 0. The molecular formula is C17H22F2N2OS. The van der Waals surface area contributed by atoms with Gasteiger partial charge in [-0.2, -0.15) is 0 Å². The van der Waals surface area contributed by atoms with E-state index in [-0.39, 0.29) is 12.5 Å². The molecule has 0 fully saturated rings. The molecule has 0 bridgehead atoms. The molecule has 2 aromatic rings. The van der Waals surface area contributed by atoms with E-state index in [4.69, 9.17) is 10.1 Å². The Hall–Kier alpha value is -1.40. The van der Waals surface area contributed by atoms with Crippen LogP contribution >= 0.6 is 11.8 Å². The lowest BCUT2D eigenvalue weighted by Crippen LogP contribution is -2.04. The van der Waals surface area contributed by atoms with Gasteiger partial charge in [0.2, 0.25) is 0 Å². The van der Waals surface area contributed by atoms with Gasteiger partial charge in [-0.1, -0.05) is 25.6 Å². The quantitative estimate of drug-likeness (QED) is 0.813. The van der Waals surface area contributed by atoms with Crippen molar-refractivity contribution >= 4 is 11.8 Å². The molecule has 0 unspecified atom stereocenters. The van der Waals surface area contributed by atoms with Crippen LogP contribution < -0.4 is 0 Å². The molecule has 126 valence electrons. The van der Waals surface area contributed by atoms with Gasteiger partial charge < -0.3 is 9.67 Å². The van der Waals surface area contributed by atoms with E-state index >= 15 is 0 Å². The van der Waals surface area contributed by atoms with Crippen molar-refractivity contribution in [3.63, 3.8) is 0 Å². The number of rotatable bonds is 7. The maximum atomic E-state index is 13.4. The standard InChI is InChI=1S/C17H22F2N2OS/c1-4-21-15(6-5-7-22)20-16(11(2)3)17(21)23-14-9-12(18)8-13(19)10-14/h8-11,22H,4-7H2,1-3H3. The number of aromatic nitrogens is 2. The molecule has 1 heterocycles. The Balaban J connectivity index is 2.43. The van der Waals surface area contributed by atoms with Crippen LogP contribution in [0.2, 0.25) is 0 Å². The molecule has 0 spiro atoms. The van der Waals surface area contributed by atoms with Gasteiger partial charge in [-0.15, -0.1) is 0 Å². The molecule has 0 saturated carbocycles. The Kier molecular flexibility index (Phi) is 6.18. The van der Waals surface area contributed by atoms with Gasteiger partial charge >= 0.3 is 0 Å². The minimum atomic E-state index is -0.582. The zero-order chi connectivity index (χ0) is 17.0. The summed E-state index contributed by atoms with van der Waals surface area (Å²) in [4.78, 5) is 5.22. The highest BCUT2D eigenvalue weighted by molar-refractivity contribution is 7.99. The number of benzene rings is 1. The fraction of sp³-hybridized carbons (Fsp3) is 0.471. The number of halogens is 2. The Labute approximate surface area is 139 Å². The van der Waals surface area contributed by atoms with E-state index in [1.807, 2.05) is 20.8 Å². The van der Waals surface area contributed by atoms with Gasteiger partial charge in [0.15, 0.2) is 0 Å². The summed E-state index contributed by atoms with van der Waals surface area (Å²) in [5.74, 6) is -0.0514. The minimum Gasteiger partial charge on any atom is -0.396 e. The monoisotopic (exact) mass is 340 g/mol. The fourth-order valence-corrected chi connectivity index (χ4v) is 3.74. The van der Waals surface area contributed by atoms with Gasteiger partial charge in [0.05, 0.1) is 5.69 Å². The average molecular weight is 340 g/mol. The molecule has 23 heavy (non-hydrogen) atoms. The second kappa shape index (κ2) is 7.93. The highest BCUT2D eigenvalue weighted by atomic mass is 32.2. The first-order valence-electron chi connectivity index (χ1n) is 7.80. The van der Waals surface area contributed by atoms with Crippen molar-refractivity contribution in [1.29, 1.82) is 0 Å². The van der Waals surface area contributed by atoms with Crippen LogP contribution in [0, 0.1) is 11.6 Å². The van der Waals surface area contributed by atoms with Gasteiger partial charge in [-0.25, -0.2) is 13.8 Å². The maximum Gasteiger partial charge on any atom is 0.127 e. The zero-order valence-electron chi connectivity index (χ0n) is 13.6. The summed E-state index contributed by atoms with van der Waals surface area (Å²) in [6.45, 7) is 6.96. The second-order valence-corrected chi connectivity index (χ2v) is 6.71. The molecule has 0 atom stereocenters. The van der Waals surface area contributed by atoms with Crippen LogP contribution in [0.25, 0.3) is 0 Å². The molecule has 0 saturated heterocycles. The third-order valence-corrected chi connectivity index (χ3v) is 4.59. The van der Waals surface area contributed by atoms with Gasteiger partial charge in [0.1, 0.15) is 22.5 Å². The van der Waals surface area contributed by atoms with Crippen LogP contribution in [-0.4, -0.2) is 21.3 Å². The molecule has 0 amide bonds. The van der Waals surface area contributed by atoms with E-state index in [0.717, 1.165) is 29.2 Å². The number of aliphatic hydroxyl groups excluding tert-OH is 1. The summed E-state index contributed by atoms with van der Waals surface area (Å²) in [6.07, 6.45) is 1.33. The second-order valence-electron chi connectivity index (χ2n) is 5.65. The molecule has 1 aromatic carbocycles. The Morgan fingerprint density at radius 2 is 1.87 bits per heavy atom. The van der Waals surface area contributed by atoms with Crippen molar-refractivity contribution in [3.05, 3.63) is 41.4 Å². The van der Waals surface area contributed by atoms with Crippen molar-refractivity contribution in [3.8, 4) is 0 Å². The Bertz CT molecular complexity index is 651. The molecule has 0 radical (unpaired) electrons. The van der Waals surface area contributed by atoms with Crippen LogP contribution in [0.4, 0.5) is 8.78 Å². The topological polar surface area (TPSA) is 38.0 Å². The van der Waals surface area contributed by atoms with Crippen LogP contribution in [-0.2, 0) is 13.0 Å². The smallest absolute Gasteiger partial charge is 0.127 e. The number of nitrogens with zero attached hydrogens (tertiary/aromatic N) is 2. The number of imidazole rings is 1. The first kappa shape index (κ1) is 17.9. The number of hydrogen-bond donors (Lipinski definition) is 1. The van der Waals surface area contributed by atoms with Gasteiger partial charge in [0.25, 0.3) is 0 Å². The molecule has 3 nitrogen and oxygen atoms in total. The maximum absolute atomic E-state index is 13.4. The van der Waals surface area contributed by atoms with Crippen molar-refractivity contribution in [2.45, 2.75) is 56.0 Å². The average Bonchev–Trinajstić information content (AvgIpc) is 2.81. The van der Waals surface area contributed by atoms with Crippen LogP contribution in [0.15, 0.2) is 28.1 Å². The predicted octanol–water partition coefficient (Wildman–Crippen LogP) is 4.38. The third-order valence-electron chi connectivity index (χ3n) is 3.50. The minimum absolute atomic E-state index is 0.116. The molecular weight excluding hydrogens is 318 g/mol. The van der Waals surface area contributed by atoms with Gasteiger partial charge in [0, 0.05) is 30.5 Å². The van der Waals surface area contributed by atoms with Crippen molar-refractivity contribution in [2.24, 2.45) is 0 Å². The summed E-state index contributed by atoms with van der Waals surface area (Å²) in [5.41, 5.74) is 0.925. The summed E-state index contributed by atoms with van der Waals surface area (Å²) in [6, 6.07) is 3.54. The first-order chi connectivity index (χ1) is 11.0. The molecule has 0 aliphatic carbocycles. The summed E-state index contributed by atoms with van der Waals surface area (Å²) >= 11 is 1.33. The Morgan fingerprint density at radius 1 is 1.22 bits per heavy atom. The van der Waals surface area contributed by atoms with Crippen LogP contribution in [0.5, 0.6) is 0 Å². The molecule has 6 heteroatoms. The number of aliphatic hydroxyl groups is 1. The lowest BCUT2D eigenvalue weighted by atomic mass is 10.1. The largest absolute Gasteiger partial charge is 0.396 e. The molecule has 0 aliphatic rings. The summed E-state index contributed by atoms with van der Waals surface area (Å²) in [5, 5.41) is 9.96. The van der Waals surface area contributed by atoms with Crippen LogP contribution in [0.3, 0.4) is 0 Å². The lowest BCUT2D eigenvalue weighted by Gasteiger charge is -2.11. The molecule has 2 rings (SSSR count). The zero-order valence-corrected chi connectivity index (χ0v) is 14.5. The van der Waals surface area contributed by atoms with Crippen molar-refractivity contribution in [2.75, 3.05) is 6.61 Å². The predicted molar refractivity (Wildman–Crippen MR) is 87.9 cm³/mol. The fourth-order valence-electron chi connectivity index (χ4n) is 2.44. The van der Waals surface area contributed by atoms with E-state index < -0.39 is 11.6 Å². The number of aryl methyl sites for hydroxylation is 1.